The molecule has 0 aliphatic carbocycles. The number of ether oxygens (including phenoxy) is 2. The van der Waals surface area contributed by atoms with Crippen LogP contribution in [-0.2, 0) is 17.9 Å². The topological polar surface area (TPSA) is 78.3 Å². The Balaban J connectivity index is 1.55. The van der Waals surface area contributed by atoms with Crippen molar-refractivity contribution in [3.63, 3.8) is 0 Å². The lowest BCUT2D eigenvalue weighted by atomic mass is 10.2. The molecule has 3 aromatic rings. The predicted octanol–water partition coefficient (Wildman–Crippen LogP) is 4.31. The highest BCUT2D eigenvalue weighted by molar-refractivity contribution is 7.99. The first kappa shape index (κ1) is 21.7. The van der Waals surface area contributed by atoms with Gasteiger partial charge in [0.2, 0.25) is 5.91 Å². The average Bonchev–Trinajstić information content (AvgIpc) is 3.15. The van der Waals surface area contributed by atoms with Gasteiger partial charge in [0.05, 0.1) is 12.4 Å². The third-order valence-electron chi connectivity index (χ3n) is 4.34. The van der Waals surface area contributed by atoms with E-state index in [4.69, 9.17) is 9.47 Å². The van der Waals surface area contributed by atoms with Crippen molar-refractivity contribution in [2.75, 3.05) is 17.7 Å². The van der Waals surface area contributed by atoms with E-state index in [1.54, 1.807) is 0 Å². The summed E-state index contributed by atoms with van der Waals surface area (Å²) in [5.41, 5.74) is 1.80. The number of benzene rings is 2. The van der Waals surface area contributed by atoms with Gasteiger partial charge in [0, 0.05) is 12.2 Å². The van der Waals surface area contributed by atoms with Crippen molar-refractivity contribution in [2.24, 2.45) is 0 Å². The maximum atomic E-state index is 12.3. The van der Waals surface area contributed by atoms with Crippen LogP contribution in [0.2, 0.25) is 0 Å². The Hall–Kier alpha value is -3.00. The number of aryl methyl sites for hydroxylation is 1. The number of hydrogen-bond acceptors (Lipinski definition) is 6. The van der Waals surface area contributed by atoms with E-state index in [9.17, 15) is 4.79 Å². The van der Waals surface area contributed by atoms with Crippen LogP contribution in [0.25, 0.3) is 0 Å². The molecule has 158 valence electrons. The van der Waals surface area contributed by atoms with Gasteiger partial charge in [-0.3, -0.25) is 4.79 Å². The van der Waals surface area contributed by atoms with Gasteiger partial charge in [-0.05, 0) is 56.7 Å². The van der Waals surface area contributed by atoms with Crippen LogP contribution in [0.3, 0.4) is 0 Å². The van der Waals surface area contributed by atoms with Crippen LogP contribution in [0.1, 0.15) is 25.2 Å². The number of para-hydroxylation sites is 1. The average molecular weight is 427 g/mol. The van der Waals surface area contributed by atoms with E-state index >= 15 is 0 Å². The van der Waals surface area contributed by atoms with Crippen LogP contribution in [0.15, 0.2) is 53.7 Å². The summed E-state index contributed by atoms with van der Waals surface area (Å²) in [6, 6.07) is 15.2. The van der Waals surface area contributed by atoms with Crippen LogP contribution in [0.4, 0.5) is 5.69 Å². The van der Waals surface area contributed by atoms with Crippen LogP contribution in [-0.4, -0.2) is 33.0 Å². The minimum atomic E-state index is -0.104. The molecule has 0 fully saturated rings. The number of thioether (sulfide) groups is 1. The number of aromatic nitrogens is 3. The van der Waals surface area contributed by atoms with Crippen LogP contribution in [0, 0.1) is 6.92 Å². The second kappa shape index (κ2) is 10.7. The van der Waals surface area contributed by atoms with Crippen molar-refractivity contribution >= 4 is 23.4 Å². The van der Waals surface area contributed by atoms with Crippen molar-refractivity contribution in [3.05, 3.63) is 59.9 Å². The largest absolute Gasteiger partial charge is 0.494 e. The van der Waals surface area contributed by atoms with Gasteiger partial charge >= 0.3 is 0 Å². The second-order valence-corrected chi connectivity index (χ2v) is 7.43. The third kappa shape index (κ3) is 5.76. The predicted molar refractivity (Wildman–Crippen MR) is 118 cm³/mol. The van der Waals surface area contributed by atoms with E-state index < -0.39 is 0 Å². The highest BCUT2D eigenvalue weighted by Gasteiger charge is 2.14. The maximum Gasteiger partial charge on any atom is 0.234 e. The van der Waals surface area contributed by atoms with Gasteiger partial charge < -0.3 is 19.4 Å². The monoisotopic (exact) mass is 426 g/mol. The molecule has 0 atom stereocenters. The van der Waals surface area contributed by atoms with E-state index in [0.29, 0.717) is 24.9 Å². The van der Waals surface area contributed by atoms with Crippen molar-refractivity contribution in [1.82, 2.24) is 14.8 Å². The van der Waals surface area contributed by atoms with Gasteiger partial charge in [-0.25, -0.2) is 0 Å². The maximum absolute atomic E-state index is 12.3. The third-order valence-corrected chi connectivity index (χ3v) is 5.31. The Kier molecular flexibility index (Phi) is 7.73. The standard InChI is InChI=1S/C22H26N4O3S/c1-4-26-20(14-29-19-9-7-6-8-16(19)3)24-25-22(26)30-15-21(27)23-17-10-12-18(13-11-17)28-5-2/h6-13H,4-5,14-15H2,1-3H3,(H,23,27). The zero-order valence-corrected chi connectivity index (χ0v) is 18.2. The van der Waals surface area contributed by atoms with Crippen LogP contribution in [0.5, 0.6) is 11.5 Å². The SMILES string of the molecule is CCOc1ccc(NC(=O)CSc2nnc(COc3ccccc3C)n2CC)cc1. The molecule has 30 heavy (non-hydrogen) atoms. The zero-order chi connectivity index (χ0) is 21.3. The van der Waals surface area contributed by atoms with Crippen molar-refractivity contribution < 1.29 is 14.3 Å². The normalized spacial score (nSPS) is 10.6. The molecule has 2 aromatic carbocycles. The fourth-order valence-electron chi connectivity index (χ4n) is 2.84. The van der Waals surface area contributed by atoms with E-state index in [1.807, 2.05) is 73.9 Å². The molecular weight excluding hydrogens is 400 g/mol. The van der Waals surface area contributed by atoms with Crippen molar-refractivity contribution in [3.8, 4) is 11.5 Å². The molecule has 3 rings (SSSR count). The van der Waals surface area contributed by atoms with Crippen molar-refractivity contribution in [1.29, 1.82) is 0 Å². The summed E-state index contributed by atoms with van der Waals surface area (Å²) in [5.74, 6) is 2.47. The molecule has 1 amide bonds. The lowest BCUT2D eigenvalue weighted by molar-refractivity contribution is -0.113. The first-order valence-electron chi connectivity index (χ1n) is 9.86. The van der Waals surface area contributed by atoms with Gasteiger partial charge in [0.25, 0.3) is 0 Å². The molecule has 0 saturated heterocycles. The second-order valence-electron chi connectivity index (χ2n) is 6.49. The number of rotatable bonds is 10. The molecule has 0 radical (unpaired) electrons. The number of anilines is 1. The quantitative estimate of drug-likeness (QED) is 0.487. The van der Waals surface area contributed by atoms with Gasteiger partial charge in [-0.1, -0.05) is 30.0 Å². The summed E-state index contributed by atoms with van der Waals surface area (Å²) in [4.78, 5) is 12.3. The first-order valence-corrected chi connectivity index (χ1v) is 10.8. The van der Waals surface area contributed by atoms with E-state index in [0.717, 1.165) is 28.6 Å². The van der Waals surface area contributed by atoms with Gasteiger partial charge in [-0.2, -0.15) is 0 Å². The number of nitrogens with zero attached hydrogens (tertiary/aromatic N) is 3. The Morgan fingerprint density at radius 2 is 1.83 bits per heavy atom. The summed E-state index contributed by atoms with van der Waals surface area (Å²) in [6.45, 7) is 7.59. The minimum Gasteiger partial charge on any atom is -0.494 e. The number of carbonyl (C=O) groups excluding carboxylic acids is 1. The minimum absolute atomic E-state index is 0.104. The van der Waals surface area contributed by atoms with E-state index in [2.05, 4.69) is 15.5 Å². The highest BCUT2D eigenvalue weighted by Crippen LogP contribution is 2.21. The lowest BCUT2D eigenvalue weighted by Gasteiger charge is -2.10. The Labute approximate surface area is 180 Å². The summed E-state index contributed by atoms with van der Waals surface area (Å²) in [7, 11) is 0. The number of hydrogen-bond donors (Lipinski definition) is 1. The number of carbonyl (C=O) groups is 1. The highest BCUT2D eigenvalue weighted by atomic mass is 32.2. The summed E-state index contributed by atoms with van der Waals surface area (Å²) < 4.78 is 13.3. The molecule has 1 aromatic heterocycles. The molecule has 0 saturated carbocycles. The fraction of sp³-hybridized carbons (Fsp3) is 0.318. The molecule has 0 aliphatic rings. The molecule has 0 spiro atoms. The molecule has 0 unspecified atom stereocenters. The van der Waals surface area contributed by atoms with Crippen molar-refractivity contribution in [2.45, 2.75) is 39.1 Å². The number of nitrogens with one attached hydrogen (secondary N) is 1. The fourth-order valence-corrected chi connectivity index (χ4v) is 3.66. The molecule has 8 heteroatoms. The molecular formula is C22H26N4O3S. The Morgan fingerprint density at radius 3 is 2.53 bits per heavy atom. The smallest absolute Gasteiger partial charge is 0.234 e. The molecule has 0 aliphatic heterocycles. The first-order chi connectivity index (χ1) is 14.6. The van der Waals surface area contributed by atoms with Crippen LogP contribution < -0.4 is 14.8 Å². The zero-order valence-electron chi connectivity index (χ0n) is 17.4. The van der Waals surface area contributed by atoms with Gasteiger partial charge in [0.1, 0.15) is 18.1 Å². The van der Waals surface area contributed by atoms with Crippen LogP contribution >= 0.6 is 11.8 Å². The Bertz CT molecular complexity index is 973. The summed E-state index contributed by atoms with van der Waals surface area (Å²) in [6.07, 6.45) is 0. The molecule has 0 bridgehead atoms. The molecule has 1 heterocycles. The lowest BCUT2D eigenvalue weighted by Crippen LogP contribution is -2.15. The molecule has 7 nitrogen and oxygen atoms in total. The molecule has 1 N–H and O–H groups in total. The van der Waals surface area contributed by atoms with E-state index in [-0.39, 0.29) is 11.7 Å². The van der Waals surface area contributed by atoms with Gasteiger partial charge in [-0.15, -0.1) is 10.2 Å². The number of amides is 1. The van der Waals surface area contributed by atoms with E-state index in [1.165, 1.54) is 11.8 Å². The summed E-state index contributed by atoms with van der Waals surface area (Å²) in [5, 5.41) is 12.1. The van der Waals surface area contributed by atoms with Gasteiger partial charge in [0.15, 0.2) is 11.0 Å². The summed E-state index contributed by atoms with van der Waals surface area (Å²) >= 11 is 1.35. The Morgan fingerprint density at radius 1 is 1.07 bits per heavy atom.